The number of carbonyl (C=O) groups is 2. The predicted molar refractivity (Wildman–Crippen MR) is 63.7 cm³/mol. The lowest BCUT2D eigenvalue weighted by Crippen LogP contribution is -2.30. The van der Waals surface area contributed by atoms with Crippen LogP contribution in [0.25, 0.3) is 0 Å². The number of carboxylic acids is 1. The molecule has 0 aromatic heterocycles. The number of benzene rings is 1. The second-order valence-corrected chi connectivity index (χ2v) is 3.49. The van der Waals surface area contributed by atoms with E-state index < -0.39 is 18.6 Å². The minimum absolute atomic E-state index is 0.309. The number of ether oxygens (including phenoxy) is 1. The molecule has 3 N–H and O–H groups in total. The standard InChI is InChI=1S/C10H11ClN2O5/c1-17-6-2-3-7(11)8(4-6)12-10(16)13-18-5-9(14)15/h2-4H,5H2,1H3,(H,14,15)(H2,12,13,16). The minimum atomic E-state index is -1.20. The van der Waals surface area contributed by atoms with Crippen LogP contribution in [0.15, 0.2) is 18.2 Å². The average Bonchev–Trinajstić information content (AvgIpc) is 2.31. The van der Waals surface area contributed by atoms with Crippen LogP contribution in [0, 0.1) is 0 Å². The first-order valence-corrected chi connectivity index (χ1v) is 5.15. The number of nitrogens with one attached hydrogen (secondary N) is 2. The zero-order valence-electron chi connectivity index (χ0n) is 9.40. The van der Waals surface area contributed by atoms with Crippen molar-refractivity contribution in [3.63, 3.8) is 0 Å². The molecule has 0 heterocycles. The third-order valence-electron chi connectivity index (χ3n) is 1.78. The summed E-state index contributed by atoms with van der Waals surface area (Å²) in [7, 11) is 1.48. The van der Waals surface area contributed by atoms with Gasteiger partial charge in [0.05, 0.1) is 17.8 Å². The maximum Gasteiger partial charge on any atom is 0.343 e. The molecule has 1 aromatic carbocycles. The molecule has 1 rings (SSSR count). The van der Waals surface area contributed by atoms with Crippen molar-refractivity contribution in [1.29, 1.82) is 0 Å². The van der Waals surface area contributed by atoms with Crippen LogP contribution in [0.4, 0.5) is 10.5 Å². The molecule has 0 saturated carbocycles. The van der Waals surface area contributed by atoms with Crippen LogP contribution in [0.1, 0.15) is 0 Å². The number of hydrogen-bond donors (Lipinski definition) is 3. The van der Waals surface area contributed by atoms with Crippen molar-refractivity contribution in [3.8, 4) is 5.75 Å². The van der Waals surface area contributed by atoms with Crippen LogP contribution in [-0.2, 0) is 9.63 Å². The van der Waals surface area contributed by atoms with Crippen molar-refractivity contribution in [2.75, 3.05) is 19.0 Å². The molecular formula is C10H11ClN2O5. The Morgan fingerprint density at radius 2 is 2.17 bits per heavy atom. The van der Waals surface area contributed by atoms with Crippen molar-refractivity contribution >= 4 is 29.3 Å². The fraction of sp³-hybridized carbons (Fsp3) is 0.200. The molecule has 1 aromatic rings. The van der Waals surface area contributed by atoms with Gasteiger partial charge in [-0.1, -0.05) is 11.6 Å². The number of amides is 2. The predicted octanol–water partition coefficient (Wildman–Crippen LogP) is 1.49. The quantitative estimate of drug-likeness (QED) is 0.707. The van der Waals surface area contributed by atoms with Gasteiger partial charge in [-0.2, -0.15) is 0 Å². The van der Waals surface area contributed by atoms with E-state index in [1.54, 1.807) is 12.1 Å². The summed E-state index contributed by atoms with van der Waals surface area (Å²) in [6.45, 7) is -0.640. The van der Waals surface area contributed by atoms with Crippen LogP contribution >= 0.6 is 11.6 Å². The summed E-state index contributed by atoms with van der Waals surface area (Å²) in [4.78, 5) is 25.8. The lowest BCUT2D eigenvalue weighted by Gasteiger charge is -2.09. The zero-order chi connectivity index (χ0) is 13.5. The van der Waals surface area contributed by atoms with E-state index in [1.807, 2.05) is 5.48 Å². The summed E-state index contributed by atoms with van der Waals surface area (Å²) in [5, 5.41) is 11.0. The van der Waals surface area contributed by atoms with Gasteiger partial charge in [0.2, 0.25) is 0 Å². The topological polar surface area (TPSA) is 96.9 Å². The van der Waals surface area contributed by atoms with Crippen LogP contribution in [0.5, 0.6) is 5.75 Å². The Bertz CT molecular complexity index is 452. The number of hydrogen-bond acceptors (Lipinski definition) is 4. The SMILES string of the molecule is COc1ccc(Cl)c(NC(=O)NOCC(=O)O)c1. The Labute approximate surface area is 108 Å². The summed E-state index contributed by atoms with van der Waals surface area (Å²) in [6, 6.07) is 3.95. The van der Waals surface area contributed by atoms with E-state index in [9.17, 15) is 9.59 Å². The lowest BCUT2D eigenvalue weighted by molar-refractivity contribution is -0.143. The second kappa shape index (κ2) is 6.67. The Hall–Kier alpha value is -1.99. The van der Waals surface area contributed by atoms with Crippen LogP contribution in [0.2, 0.25) is 5.02 Å². The van der Waals surface area contributed by atoms with Gasteiger partial charge in [-0.05, 0) is 12.1 Å². The number of aliphatic carboxylic acids is 1. The van der Waals surface area contributed by atoms with Gasteiger partial charge in [-0.3, -0.25) is 4.84 Å². The molecule has 0 aliphatic carbocycles. The van der Waals surface area contributed by atoms with Crippen LogP contribution < -0.4 is 15.5 Å². The van der Waals surface area contributed by atoms with E-state index in [1.165, 1.54) is 13.2 Å². The molecule has 7 nitrogen and oxygen atoms in total. The van der Waals surface area contributed by atoms with Gasteiger partial charge in [-0.25, -0.2) is 15.1 Å². The summed E-state index contributed by atoms with van der Waals surface area (Å²) >= 11 is 5.85. The number of rotatable bonds is 5. The first-order valence-electron chi connectivity index (χ1n) is 4.77. The molecule has 0 fully saturated rings. The number of urea groups is 1. The summed E-state index contributed by atoms with van der Waals surface area (Å²) < 4.78 is 4.96. The molecule has 0 radical (unpaired) electrons. The highest BCUT2D eigenvalue weighted by Crippen LogP contribution is 2.26. The monoisotopic (exact) mass is 274 g/mol. The number of hydroxylamine groups is 1. The van der Waals surface area contributed by atoms with Crippen molar-refractivity contribution in [2.45, 2.75) is 0 Å². The molecular weight excluding hydrogens is 264 g/mol. The third kappa shape index (κ3) is 4.48. The van der Waals surface area contributed by atoms with Gasteiger partial charge >= 0.3 is 12.0 Å². The molecule has 0 unspecified atom stereocenters. The minimum Gasteiger partial charge on any atom is -0.497 e. The van der Waals surface area contributed by atoms with Gasteiger partial charge in [0.15, 0.2) is 6.61 Å². The number of methoxy groups -OCH3 is 1. The van der Waals surface area contributed by atoms with Gasteiger partial charge in [0, 0.05) is 6.07 Å². The Morgan fingerprint density at radius 1 is 1.44 bits per heavy atom. The highest BCUT2D eigenvalue weighted by atomic mass is 35.5. The Balaban J connectivity index is 2.55. The fourth-order valence-corrected chi connectivity index (χ4v) is 1.20. The maximum absolute atomic E-state index is 11.3. The first kappa shape index (κ1) is 14.1. The van der Waals surface area contributed by atoms with Gasteiger partial charge in [0.1, 0.15) is 5.75 Å². The van der Waals surface area contributed by atoms with E-state index >= 15 is 0 Å². The maximum atomic E-state index is 11.3. The van der Waals surface area contributed by atoms with E-state index in [4.69, 9.17) is 21.4 Å². The zero-order valence-corrected chi connectivity index (χ0v) is 10.2. The first-order chi connectivity index (χ1) is 8.52. The number of carbonyl (C=O) groups excluding carboxylic acids is 1. The summed E-state index contributed by atoms with van der Waals surface area (Å²) in [6.07, 6.45) is 0. The highest BCUT2D eigenvalue weighted by molar-refractivity contribution is 6.33. The fourth-order valence-electron chi connectivity index (χ4n) is 1.04. The summed E-state index contributed by atoms with van der Waals surface area (Å²) in [5.74, 6) is -0.684. The smallest absolute Gasteiger partial charge is 0.343 e. The molecule has 98 valence electrons. The third-order valence-corrected chi connectivity index (χ3v) is 2.11. The van der Waals surface area contributed by atoms with Crippen LogP contribution in [-0.4, -0.2) is 30.8 Å². The van der Waals surface area contributed by atoms with Crippen molar-refractivity contribution in [3.05, 3.63) is 23.2 Å². The molecule has 0 bridgehead atoms. The van der Waals surface area contributed by atoms with Gasteiger partial charge in [0.25, 0.3) is 0 Å². The molecule has 2 amide bonds. The summed E-state index contributed by atoms with van der Waals surface area (Å²) in [5.41, 5.74) is 2.21. The molecule has 18 heavy (non-hydrogen) atoms. The molecule has 0 saturated heterocycles. The number of carboxylic acid groups (broad SMARTS) is 1. The molecule has 8 heteroatoms. The van der Waals surface area contributed by atoms with E-state index in [-0.39, 0.29) is 0 Å². The normalized spacial score (nSPS) is 9.67. The average molecular weight is 275 g/mol. The number of anilines is 1. The van der Waals surface area contributed by atoms with E-state index in [0.717, 1.165) is 0 Å². The van der Waals surface area contributed by atoms with E-state index in [0.29, 0.717) is 16.5 Å². The van der Waals surface area contributed by atoms with Gasteiger partial charge < -0.3 is 15.2 Å². The van der Waals surface area contributed by atoms with Crippen molar-refractivity contribution < 1.29 is 24.3 Å². The largest absolute Gasteiger partial charge is 0.497 e. The van der Waals surface area contributed by atoms with Crippen molar-refractivity contribution in [1.82, 2.24) is 5.48 Å². The lowest BCUT2D eigenvalue weighted by atomic mass is 10.3. The molecule has 0 spiro atoms. The Kier molecular flexibility index (Phi) is 5.22. The second-order valence-electron chi connectivity index (χ2n) is 3.08. The molecule has 0 aliphatic heterocycles. The van der Waals surface area contributed by atoms with Gasteiger partial charge in [-0.15, -0.1) is 0 Å². The van der Waals surface area contributed by atoms with E-state index in [2.05, 4.69) is 10.2 Å². The van der Waals surface area contributed by atoms with Crippen molar-refractivity contribution in [2.24, 2.45) is 0 Å². The molecule has 0 aliphatic rings. The van der Waals surface area contributed by atoms with Crippen LogP contribution in [0.3, 0.4) is 0 Å². The number of halogens is 1. The highest BCUT2D eigenvalue weighted by Gasteiger charge is 2.07. The Morgan fingerprint density at radius 3 is 2.78 bits per heavy atom. The molecule has 0 atom stereocenters.